The number of halogens is 6. The zero-order valence-corrected chi connectivity index (χ0v) is 17.9. The van der Waals surface area contributed by atoms with Crippen LogP contribution in [-0.2, 0) is 0 Å². The van der Waals surface area contributed by atoms with E-state index >= 15 is 0 Å². The van der Waals surface area contributed by atoms with Crippen LogP contribution in [0.3, 0.4) is 0 Å². The Labute approximate surface area is 188 Å². The fourth-order valence-electron chi connectivity index (χ4n) is 3.48. The number of methoxy groups -OCH3 is 1. The molecule has 1 fully saturated rings. The largest absolute Gasteiger partial charge is 0.573 e. The second-order valence-electron chi connectivity index (χ2n) is 7.06. The Bertz CT molecular complexity index is 1050. The quantitative estimate of drug-likeness (QED) is 0.444. The molecule has 3 rings (SSSR count). The van der Waals surface area contributed by atoms with Gasteiger partial charge in [0.25, 0.3) is 5.91 Å². The highest BCUT2D eigenvalue weighted by Gasteiger charge is 2.39. The van der Waals surface area contributed by atoms with E-state index in [1.807, 2.05) is 0 Å². The number of carbonyl (C=O) groups excluding carboxylic acids is 1. The molecular weight excluding hydrogens is 476 g/mol. The SMILES string of the molecule is C#Cc1nc(C(=O)N(c2cc(OC)cc(OC(F)(F)F)c2)[C@@H]2CCN(CC(F)(F)F)C2)cs1. The summed E-state index contributed by atoms with van der Waals surface area (Å²) in [5.74, 6) is 0.856. The van der Waals surface area contributed by atoms with Crippen LogP contribution in [0.4, 0.5) is 32.0 Å². The maximum atomic E-state index is 13.3. The van der Waals surface area contributed by atoms with Gasteiger partial charge in [0.1, 0.15) is 17.2 Å². The molecule has 1 saturated heterocycles. The maximum Gasteiger partial charge on any atom is 0.573 e. The second kappa shape index (κ2) is 9.48. The Kier molecular flexibility index (Phi) is 7.08. The van der Waals surface area contributed by atoms with Crippen LogP contribution in [0.1, 0.15) is 21.9 Å². The number of aromatic nitrogens is 1. The molecule has 0 spiro atoms. The van der Waals surface area contributed by atoms with Gasteiger partial charge in [-0.25, -0.2) is 4.98 Å². The number of anilines is 1. The summed E-state index contributed by atoms with van der Waals surface area (Å²) >= 11 is 1.01. The van der Waals surface area contributed by atoms with Crippen molar-refractivity contribution in [1.29, 1.82) is 0 Å². The monoisotopic (exact) mass is 493 g/mol. The highest BCUT2D eigenvalue weighted by molar-refractivity contribution is 7.10. The number of hydrogen-bond donors (Lipinski definition) is 0. The number of carbonyl (C=O) groups is 1. The predicted molar refractivity (Wildman–Crippen MR) is 107 cm³/mol. The molecule has 1 aliphatic rings. The van der Waals surface area contributed by atoms with Crippen molar-refractivity contribution in [1.82, 2.24) is 9.88 Å². The van der Waals surface area contributed by atoms with E-state index in [-0.39, 0.29) is 41.6 Å². The van der Waals surface area contributed by atoms with Crippen molar-refractivity contribution in [3.63, 3.8) is 0 Å². The van der Waals surface area contributed by atoms with Crippen LogP contribution in [-0.4, -0.2) is 61.1 Å². The van der Waals surface area contributed by atoms with Gasteiger partial charge in [-0.1, -0.05) is 0 Å². The van der Waals surface area contributed by atoms with Gasteiger partial charge < -0.3 is 14.4 Å². The first-order chi connectivity index (χ1) is 15.4. The number of nitrogens with zero attached hydrogens (tertiary/aromatic N) is 3. The Balaban J connectivity index is 2.01. The zero-order chi connectivity index (χ0) is 24.4. The first-order valence-electron chi connectivity index (χ1n) is 9.38. The van der Waals surface area contributed by atoms with Gasteiger partial charge in [-0.3, -0.25) is 9.69 Å². The molecule has 2 heterocycles. The van der Waals surface area contributed by atoms with Crippen molar-refractivity contribution < 1.29 is 40.6 Å². The van der Waals surface area contributed by atoms with Crippen molar-refractivity contribution in [3.05, 3.63) is 34.3 Å². The molecule has 1 aromatic carbocycles. The summed E-state index contributed by atoms with van der Waals surface area (Å²) < 4.78 is 85.9. The molecule has 178 valence electrons. The highest BCUT2D eigenvalue weighted by Crippen LogP contribution is 2.35. The van der Waals surface area contributed by atoms with E-state index in [0.29, 0.717) is 0 Å². The fourth-order valence-corrected chi connectivity index (χ4v) is 4.08. The van der Waals surface area contributed by atoms with Crippen LogP contribution in [0, 0.1) is 12.3 Å². The number of ether oxygens (including phenoxy) is 2. The van der Waals surface area contributed by atoms with Gasteiger partial charge in [0.15, 0.2) is 5.01 Å². The van der Waals surface area contributed by atoms with Crippen molar-refractivity contribution in [2.45, 2.75) is 25.0 Å². The first-order valence-corrected chi connectivity index (χ1v) is 10.3. The van der Waals surface area contributed by atoms with Crippen LogP contribution >= 0.6 is 11.3 Å². The molecular formula is C20H17F6N3O3S. The van der Waals surface area contributed by atoms with E-state index in [1.54, 1.807) is 0 Å². The van der Waals surface area contributed by atoms with Gasteiger partial charge in [-0.05, 0) is 12.3 Å². The molecule has 0 unspecified atom stereocenters. The summed E-state index contributed by atoms with van der Waals surface area (Å²) in [6.45, 7) is -1.29. The highest BCUT2D eigenvalue weighted by atomic mass is 32.1. The number of hydrogen-bond acceptors (Lipinski definition) is 6. The molecule has 2 aromatic rings. The third-order valence-electron chi connectivity index (χ3n) is 4.69. The predicted octanol–water partition coefficient (Wildman–Crippen LogP) is 4.32. The summed E-state index contributed by atoms with van der Waals surface area (Å²) in [6.07, 6.45) is -4.01. The number of alkyl halides is 6. The third kappa shape index (κ3) is 6.52. The molecule has 13 heteroatoms. The minimum atomic E-state index is -5.01. The third-order valence-corrected chi connectivity index (χ3v) is 5.47. The van der Waals surface area contributed by atoms with E-state index in [0.717, 1.165) is 33.3 Å². The van der Waals surface area contributed by atoms with Crippen molar-refractivity contribution in [2.24, 2.45) is 0 Å². The number of terminal acetylenes is 1. The lowest BCUT2D eigenvalue weighted by Gasteiger charge is -2.29. The molecule has 0 bridgehead atoms. The number of rotatable bonds is 6. The van der Waals surface area contributed by atoms with Gasteiger partial charge >= 0.3 is 12.5 Å². The molecule has 6 nitrogen and oxygen atoms in total. The molecule has 33 heavy (non-hydrogen) atoms. The topological polar surface area (TPSA) is 54.9 Å². The Morgan fingerprint density at radius 1 is 1.27 bits per heavy atom. The smallest absolute Gasteiger partial charge is 0.497 e. The Hall–Kier alpha value is -2.98. The van der Waals surface area contributed by atoms with Gasteiger partial charge in [-0.2, -0.15) is 13.2 Å². The molecule has 1 aromatic heterocycles. The van der Waals surface area contributed by atoms with Gasteiger partial charge in [0, 0.05) is 36.7 Å². The van der Waals surface area contributed by atoms with Gasteiger partial charge in [0.05, 0.1) is 25.4 Å². The summed E-state index contributed by atoms with van der Waals surface area (Å²) in [4.78, 5) is 19.5. The standard InChI is InChI=1S/C20H17F6N3O3S/c1-3-17-27-16(10-33-17)18(30)29(12-4-5-28(9-12)11-19(21,22)23)13-6-14(31-2)8-15(7-13)32-20(24,25)26/h1,6-8,10,12H,4-5,9,11H2,2H3/t12-/m1/s1. The molecule has 0 N–H and O–H groups in total. The van der Waals surface area contributed by atoms with Gasteiger partial charge in [-0.15, -0.1) is 30.9 Å². The van der Waals surface area contributed by atoms with Gasteiger partial charge in [0.2, 0.25) is 0 Å². The van der Waals surface area contributed by atoms with E-state index in [1.165, 1.54) is 18.6 Å². The minimum absolute atomic E-state index is 0.0382. The van der Waals surface area contributed by atoms with Crippen molar-refractivity contribution in [3.8, 4) is 23.8 Å². The normalized spacial score (nSPS) is 17.0. The molecule has 1 atom stereocenters. The van der Waals surface area contributed by atoms with E-state index in [4.69, 9.17) is 11.2 Å². The van der Waals surface area contributed by atoms with Crippen LogP contribution in [0.2, 0.25) is 0 Å². The molecule has 0 aliphatic carbocycles. The van der Waals surface area contributed by atoms with Crippen LogP contribution in [0.5, 0.6) is 11.5 Å². The lowest BCUT2D eigenvalue weighted by Crippen LogP contribution is -2.43. The zero-order valence-electron chi connectivity index (χ0n) is 17.0. The summed E-state index contributed by atoms with van der Waals surface area (Å²) in [5.41, 5.74) is -0.129. The molecule has 1 aliphatic heterocycles. The Morgan fingerprint density at radius 2 is 1.97 bits per heavy atom. The number of thiazole rings is 1. The van der Waals surface area contributed by atoms with Crippen LogP contribution < -0.4 is 14.4 Å². The Morgan fingerprint density at radius 3 is 2.55 bits per heavy atom. The summed E-state index contributed by atoms with van der Waals surface area (Å²) in [5, 5.41) is 1.58. The fraction of sp³-hybridized carbons (Fsp3) is 0.400. The van der Waals surface area contributed by atoms with Crippen LogP contribution in [0.25, 0.3) is 0 Å². The summed E-state index contributed by atoms with van der Waals surface area (Å²) in [7, 11) is 1.21. The minimum Gasteiger partial charge on any atom is -0.497 e. The average Bonchev–Trinajstić information content (AvgIpc) is 3.35. The molecule has 1 amide bonds. The lowest BCUT2D eigenvalue weighted by atomic mass is 10.1. The lowest BCUT2D eigenvalue weighted by molar-refractivity contribution is -0.274. The van der Waals surface area contributed by atoms with E-state index in [9.17, 15) is 31.1 Å². The van der Waals surface area contributed by atoms with E-state index < -0.39 is 36.8 Å². The maximum absolute atomic E-state index is 13.3. The second-order valence-corrected chi connectivity index (χ2v) is 7.92. The van der Waals surface area contributed by atoms with Crippen LogP contribution in [0.15, 0.2) is 23.6 Å². The molecule has 0 saturated carbocycles. The molecule has 0 radical (unpaired) electrons. The number of likely N-dealkylation sites (tertiary alicyclic amines) is 1. The number of amides is 1. The first kappa shape index (κ1) is 24.7. The van der Waals surface area contributed by atoms with Crippen molar-refractivity contribution in [2.75, 3.05) is 31.6 Å². The average molecular weight is 493 g/mol. The number of benzene rings is 1. The van der Waals surface area contributed by atoms with E-state index in [2.05, 4.69) is 15.6 Å². The van der Waals surface area contributed by atoms with Crippen molar-refractivity contribution >= 4 is 22.9 Å². The summed E-state index contributed by atoms with van der Waals surface area (Å²) in [6, 6.07) is 2.46.